The summed E-state index contributed by atoms with van der Waals surface area (Å²) in [6, 6.07) is 0.0514. The van der Waals surface area contributed by atoms with Crippen LogP contribution in [0.1, 0.15) is 20.8 Å². The van der Waals surface area contributed by atoms with Crippen LogP contribution < -0.4 is 5.32 Å². The third-order valence-corrected chi connectivity index (χ3v) is 1.22. The van der Waals surface area contributed by atoms with Crippen molar-refractivity contribution >= 4 is 5.78 Å². The van der Waals surface area contributed by atoms with Crippen LogP contribution in [0.2, 0.25) is 0 Å². The summed E-state index contributed by atoms with van der Waals surface area (Å²) in [6.45, 7) is 5.29. The molecule has 3 heteroatoms. The summed E-state index contributed by atoms with van der Waals surface area (Å²) in [5.41, 5.74) is 0. The van der Waals surface area contributed by atoms with Crippen LogP contribution >= 0.6 is 0 Å². The molecule has 1 atom stereocenters. The highest BCUT2D eigenvalue weighted by atomic mass is 16.3. The summed E-state index contributed by atoms with van der Waals surface area (Å²) in [5.74, 6) is -0.159. The van der Waals surface area contributed by atoms with Crippen LogP contribution in [0, 0.1) is 0 Å². The second kappa shape index (κ2) is 4.41. The van der Waals surface area contributed by atoms with Gasteiger partial charge in [0.15, 0.2) is 5.78 Å². The van der Waals surface area contributed by atoms with Crippen molar-refractivity contribution in [3.8, 4) is 0 Å². The molecule has 0 bridgehead atoms. The van der Waals surface area contributed by atoms with Crippen molar-refractivity contribution in [2.45, 2.75) is 32.9 Å². The molecule has 3 nitrogen and oxygen atoms in total. The van der Waals surface area contributed by atoms with E-state index in [0.29, 0.717) is 0 Å². The second-order valence-electron chi connectivity index (χ2n) is 2.67. The highest BCUT2D eigenvalue weighted by Gasteiger charge is 2.10. The Labute approximate surface area is 61.4 Å². The summed E-state index contributed by atoms with van der Waals surface area (Å²) in [6.07, 6.45) is 0. The summed E-state index contributed by atoms with van der Waals surface area (Å²) in [7, 11) is 0. The van der Waals surface area contributed by atoms with Crippen molar-refractivity contribution in [1.29, 1.82) is 0 Å². The van der Waals surface area contributed by atoms with E-state index in [1.54, 1.807) is 6.92 Å². The molecular formula is C7H15NO2. The number of hydrogen-bond donors (Lipinski definition) is 2. The highest BCUT2D eigenvalue weighted by molar-refractivity contribution is 5.84. The van der Waals surface area contributed by atoms with Gasteiger partial charge in [-0.3, -0.25) is 4.79 Å². The minimum atomic E-state index is -0.374. The molecule has 0 fully saturated rings. The van der Waals surface area contributed by atoms with E-state index in [4.69, 9.17) is 5.11 Å². The van der Waals surface area contributed by atoms with Gasteiger partial charge < -0.3 is 10.4 Å². The zero-order chi connectivity index (χ0) is 8.15. The highest BCUT2D eigenvalue weighted by Crippen LogP contribution is 1.86. The molecule has 0 aromatic heterocycles. The van der Waals surface area contributed by atoms with Gasteiger partial charge in [0.2, 0.25) is 0 Å². The van der Waals surface area contributed by atoms with Crippen molar-refractivity contribution in [2.24, 2.45) is 0 Å². The van der Waals surface area contributed by atoms with E-state index in [0.717, 1.165) is 0 Å². The van der Waals surface area contributed by atoms with E-state index in [9.17, 15) is 4.79 Å². The average Bonchev–Trinajstić information content (AvgIpc) is 1.85. The summed E-state index contributed by atoms with van der Waals surface area (Å²) < 4.78 is 0. The predicted octanol–water partition coefficient (Wildman–Crippen LogP) is -0.0657. The zero-order valence-electron chi connectivity index (χ0n) is 6.72. The third kappa shape index (κ3) is 3.58. The SMILES string of the molecule is CC(C)NC(C)C(=O)CO. The molecule has 0 rings (SSSR count). The molecule has 60 valence electrons. The van der Waals surface area contributed by atoms with E-state index >= 15 is 0 Å². The molecule has 0 aromatic carbocycles. The van der Waals surface area contributed by atoms with Gasteiger partial charge in [-0.2, -0.15) is 0 Å². The summed E-state index contributed by atoms with van der Waals surface area (Å²) >= 11 is 0. The first-order valence-corrected chi connectivity index (χ1v) is 3.47. The Kier molecular flexibility index (Phi) is 4.23. The number of aliphatic hydroxyl groups is 1. The lowest BCUT2D eigenvalue weighted by molar-refractivity contribution is -0.123. The molecule has 0 heterocycles. The van der Waals surface area contributed by atoms with E-state index in [-0.39, 0.29) is 24.5 Å². The van der Waals surface area contributed by atoms with Crippen LogP contribution in [-0.4, -0.2) is 29.6 Å². The van der Waals surface area contributed by atoms with Crippen molar-refractivity contribution in [1.82, 2.24) is 5.32 Å². The topological polar surface area (TPSA) is 49.3 Å². The maximum atomic E-state index is 10.7. The molecule has 0 amide bonds. The van der Waals surface area contributed by atoms with Crippen LogP contribution in [0.15, 0.2) is 0 Å². The predicted molar refractivity (Wildman–Crippen MR) is 39.8 cm³/mol. The van der Waals surface area contributed by atoms with Gasteiger partial charge in [-0.15, -0.1) is 0 Å². The Morgan fingerprint density at radius 1 is 1.50 bits per heavy atom. The molecule has 0 saturated carbocycles. The number of Topliss-reactive ketones (excluding diaryl/α,β-unsaturated/α-hetero) is 1. The van der Waals surface area contributed by atoms with Crippen LogP contribution in [0.3, 0.4) is 0 Å². The Morgan fingerprint density at radius 3 is 2.30 bits per heavy atom. The number of aliphatic hydroxyl groups excluding tert-OH is 1. The lowest BCUT2D eigenvalue weighted by atomic mass is 10.2. The molecule has 0 radical (unpaired) electrons. The number of carbonyl (C=O) groups excluding carboxylic acids is 1. The lowest BCUT2D eigenvalue weighted by Crippen LogP contribution is -2.39. The number of nitrogens with one attached hydrogen (secondary N) is 1. The van der Waals surface area contributed by atoms with E-state index in [1.807, 2.05) is 13.8 Å². The molecule has 2 N–H and O–H groups in total. The normalized spacial score (nSPS) is 13.7. The molecule has 0 aromatic rings. The Hall–Kier alpha value is -0.410. The maximum Gasteiger partial charge on any atom is 0.174 e. The minimum Gasteiger partial charge on any atom is -0.389 e. The van der Waals surface area contributed by atoms with Gasteiger partial charge >= 0.3 is 0 Å². The van der Waals surface area contributed by atoms with Crippen molar-refractivity contribution in [2.75, 3.05) is 6.61 Å². The fourth-order valence-electron chi connectivity index (χ4n) is 0.730. The molecular weight excluding hydrogens is 130 g/mol. The van der Waals surface area contributed by atoms with Gasteiger partial charge in [-0.05, 0) is 6.92 Å². The smallest absolute Gasteiger partial charge is 0.174 e. The van der Waals surface area contributed by atoms with Crippen LogP contribution in [0.25, 0.3) is 0 Å². The first-order valence-electron chi connectivity index (χ1n) is 3.47. The Balaban J connectivity index is 3.61. The van der Waals surface area contributed by atoms with E-state index in [2.05, 4.69) is 5.32 Å². The van der Waals surface area contributed by atoms with Gasteiger partial charge in [0.05, 0.1) is 6.04 Å². The van der Waals surface area contributed by atoms with Crippen LogP contribution in [0.4, 0.5) is 0 Å². The maximum absolute atomic E-state index is 10.7. The number of hydrogen-bond acceptors (Lipinski definition) is 3. The summed E-state index contributed by atoms with van der Waals surface area (Å²) in [4.78, 5) is 10.7. The monoisotopic (exact) mass is 145 g/mol. The molecule has 0 saturated heterocycles. The van der Waals surface area contributed by atoms with Gasteiger partial charge in [0, 0.05) is 6.04 Å². The largest absolute Gasteiger partial charge is 0.389 e. The third-order valence-electron chi connectivity index (χ3n) is 1.22. The molecule has 0 aliphatic heterocycles. The van der Waals surface area contributed by atoms with Crippen molar-refractivity contribution in [3.63, 3.8) is 0 Å². The Morgan fingerprint density at radius 2 is 2.00 bits per heavy atom. The van der Waals surface area contributed by atoms with Crippen LogP contribution in [0.5, 0.6) is 0 Å². The van der Waals surface area contributed by atoms with Crippen molar-refractivity contribution in [3.05, 3.63) is 0 Å². The lowest BCUT2D eigenvalue weighted by Gasteiger charge is -2.13. The first-order chi connectivity index (χ1) is 4.57. The van der Waals surface area contributed by atoms with Crippen LogP contribution in [-0.2, 0) is 4.79 Å². The molecule has 1 unspecified atom stereocenters. The first kappa shape index (κ1) is 9.59. The molecule has 0 aliphatic rings. The zero-order valence-corrected chi connectivity index (χ0v) is 6.72. The molecule has 10 heavy (non-hydrogen) atoms. The van der Waals surface area contributed by atoms with Gasteiger partial charge in [0.25, 0.3) is 0 Å². The standard InChI is InChI=1S/C7H15NO2/c1-5(2)8-6(3)7(10)4-9/h5-6,8-9H,4H2,1-3H3. The second-order valence-corrected chi connectivity index (χ2v) is 2.67. The van der Waals surface area contributed by atoms with Gasteiger partial charge in [-0.1, -0.05) is 13.8 Å². The average molecular weight is 145 g/mol. The van der Waals surface area contributed by atoms with Crippen molar-refractivity contribution < 1.29 is 9.90 Å². The molecule has 0 aliphatic carbocycles. The van der Waals surface area contributed by atoms with Gasteiger partial charge in [0.1, 0.15) is 6.61 Å². The number of rotatable bonds is 4. The summed E-state index contributed by atoms with van der Waals surface area (Å²) in [5, 5.41) is 11.4. The fraction of sp³-hybridized carbons (Fsp3) is 0.857. The fourth-order valence-corrected chi connectivity index (χ4v) is 0.730. The van der Waals surface area contributed by atoms with E-state index in [1.165, 1.54) is 0 Å². The van der Waals surface area contributed by atoms with E-state index < -0.39 is 0 Å². The quantitative estimate of drug-likeness (QED) is 0.582. The minimum absolute atomic E-state index is 0.159. The number of carbonyl (C=O) groups is 1. The van der Waals surface area contributed by atoms with Gasteiger partial charge in [-0.25, -0.2) is 0 Å². The number of ketones is 1. The Bertz CT molecular complexity index is 112. The molecule has 0 spiro atoms.